The van der Waals surface area contributed by atoms with Crippen LogP contribution in [0.2, 0.25) is 0 Å². The van der Waals surface area contributed by atoms with Gasteiger partial charge < -0.3 is 15.5 Å². The molecule has 0 aliphatic heterocycles. The molecule has 0 spiro atoms. The van der Waals surface area contributed by atoms with E-state index in [1.165, 1.54) is 0 Å². The van der Waals surface area contributed by atoms with Gasteiger partial charge in [-0.05, 0) is 38.3 Å². The van der Waals surface area contributed by atoms with Crippen molar-refractivity contribution in [3.8, 4) is 0 Å². The number of aliphatic hydroxyl groups excluding tert-OH is 1. The van der Waals surface area contributed by atoms with Crippen molar-refractivity contribution in [3.63, 3.8) is 0 Å². The van der Waals surface area contributed by atoms with Crippen LogP contribution in [0.15, 0.2) is 0 Å². The van der Waals surface area contributed by atoms with Gasteiger partial charge in [-0.2, -0.15) is 0 Å². The maximum absolute atomic E-state index is 11.0. The number of rotatable bonds is 6. The molecule has 0 aromatic heterocycles. The van der Waals surface area contributed by atoms with Gasteiger partial charge in [0.2, 0.25) is 0 Å². The molecule has 4 nitrogen and oxygen atoms in total. The third-order valence-corrected chi connectivity index (χ3v) is 3.14. The Labute approximate surface area is 90.7 Å². The number of nitrogens with one attached hydrogen (secondary N) is 1. The minimum absolute atomic E-state index is 0.166. The Bertz CT molecular complexity index is 196. The number of aliphatic hydroxyl groups is 1. The molecule has 4 heteroatoms. The van der Waals surface area contributed by atoms with Crippen molar-refractivity contribution in [1.82, 2.24) is 5.32 Å². The number of carboxylic acid groups (broad SMARTS) is 1. The van der Waals surface area contributed by atoms with Crippen LogP contribution in [0.25, 0.3) is 0 Å². The van der Waals surface area contributed by atoms with E-state index in [-0.39, 0.29) is 18.4 Å². The Kier molecular flexibility index (Phi) is 5.65. The molecule has 1 aliphatic rings. The number of hydrogen-bond donors (Lipinski definition) is 3. The molecule has 0 aromatic rings. The van der Waals surface area contributed by atoms with Gasteiger partial charge in [-0.15, -0.1) is 0 Å². The fourth-order valence-electron chi connectivity index (χ4n) is 2.27. The Morgan fingerprint density at radius 3 is 2.73 bits per heavy atom. The van der Waals surface area contributed by atoms with Crippen molar-refractivity contribution in [2.45, 2.75) is 32.1 Å². The van der Waals surface area contributed by atoms with Gasteiger partial charge in [-0.25, -0.2) is 0 Å². The lowest BCUT2D eigenvalue weighted by molar-refractivity contribution is -0.144. The largest absolute Gasteiger partial charge is 0.481 e. The van der Waals surface area contributed by atoms with Gasteiger partial charge in [0.1, 0.15) is 0 Å². The number of carbonyl (C=O) groups is 1. The monoisotopic (exact) mass is 215 g/mol. The van der Waals surface area contributed by atoms with E-state index in [0.717, 1.165) is 45.2 Å². The molecule has 1 rings (SSSR count). The molecule has 3 N–H and O–H groups in total. The van der Waals surface area contributed by atoms with Gasteiger partial charge in [0.15, 0.2) is 0 Å². The molecule has 0 bridgehead atoms. The molecule has 1 saturated carbocycles. The highest BCUT2D eigenvalue weighted by Crippen LogP contribution is 2.29. The smallest absolute Gasteiger partial charge is 0.306 e. The van der Waals surface area contributed by atoms with Crippen LogP contribution in [0.1, 0.15) is 32.1 Å². The molecular weight excluding hydrogens is 194 g/mol. The number of aliphatic carboxylic acids is 1. The summed E-state index contributed by atoms with van der Waals surface area (Å²) in [5.74, 6) is -0.543. The maximum atomic E-state index is 11.0. The maximum Gasteiger partial charge on any atom is 0.306 e. The van der Waals surface area contributed by atoms with Gasteiger partial charge in [0.25, 0.3) is 0 Å². The summed E-state index contributed by atoms with van der Waals surface area (Å²) in [6, 6.07) is 0. The summed E-state index contributed by atoms with van der Waals surface area (Å²) in [6.07, 6.45) is 4.77. The quantitative estimate of drug-likeness (QED) is 0.574. The van der Waals surface area contributed by atoms with Crippen LogP contribution >= 0.6 is 0 Å². The molecule has 15 heavy (non-hydrogen) atoms. The second-order valence-electron chi connectivity index (χ2n) is 4.27. The molecular formula is C11H21NO3. The first-order valence-electron chi connectivity index (χ1n) is 5.80. The summed E-state index contributed by atoms with van der Waals surface area (Å²) in [6.45, 7) is 1.75. The van der Waals surface area contributed by atoms with Crippen LogP contribution in [0.5, 0.6) is 0 Å². The first-order valence-corrected chi connectivity index (χ1v) is 5.80. The van der Waals surface area contributed by atoms with Crippen LogP contribution < -0.4 is 5.32 Å². The number of hydrogen-bond acceptors (Lipinski definition) is 3. The van der Waals surface area contributed by atoms with E-state index >= 15 is 0 Å². The molecule has 88 valence electrons. The number of carboxylic acids is 1. The topological polar surface area (TPSA) is 69.6 Å². The molecule has 0 amide bonds. The molecule has 0 saturated heterocycles. The predicted molar refractivity (Wildman–Crippen MR) is 57.7 cm³/mol. The van der Waals surface area contributed by atoms with E-state index in [4.69, 9.17) is 10.2 Å². The Hall–Kier alpha value is -0.610. The highest BCUT2D eigenvalue weighted by molar-refractivity contribution is 5.70. The van der Waals surface area contributed by atoms with E-state index in [9.17, 15) is 4.79 Å². The van der Waals surface area contributed by atoms with Crippen molar-refractivity contribution >= 4 is 5.97 Å². The third kappa shape index (κ3) is 4.18. The zero-order valence-electron chi connectivity index (χ0n) is 9.11. The summed E-state index contributed by atoms with van der Waals surface area (Å²) >= 11 is 0. The molecule has 2 atom stereocenters. The van der Waals surface area contributed by atoms with Crippen LogP contribution in [-0.2, 0) is 4.79 Å². The predicted octanol–water partition coefficient (Wildman–Crippen LogP) is 0.849. The third-order valence-electron chi connectivity index (χ3n) is 3.14. The average Bonchev–Trinajstić information content (AvgIpc) is 2.25. The van der Waals surface area contributed by atoms with Crippen LogP contribution in [0, 0.1) is 11.8 Å². The highest BCUT2D eigenvalue weighted by atomic mass is 16.4. The van der Waals surface area contributed by atoms with Crippen molar-refractivity contribution in [2.75, 3.05) is 19.7 Å². The molecule has 1 fully saturated rings. The second kappa shape index (κ2) is 6.80. The summed E-state index contributed by atoms with van der Waals surface area (Å²) in [5, 5.41) is 20.9. The summed E-state index contributed by atoms with van der Waals surface area (Å²) in [5.41, 5.74) is 0. The Morgan fingerprint density at radius 2 is 2.07 bits per heavy atom. The van der Waals surface area contributed by atoms with E-state index in [1.807, 2.05) is 0 Å². The SMILES string of the molecule is O=C(O)C1CCCCC1CNCCCO. The van der Waals surface area contributed by atoms with Crippen molar-refractivity contribution in [1.29, 1.82) is 0 Å². The van der Waals surface area contributed by atoms with Gasteiger partial charge >= 0.3 is 5.97 Å². The summed E-state index contributed by atoms with van der Waals surface area (Å²) in [7, 11) is 0. The zero-order chi connectivity index (χ0) is 11.1. The van der Waals surface area contributed by atoms with Crippen LogP contribution in [0.3, 0.4) is 0 Å². The fraction of sp³-hybridized carbons (Fsp3) is 0.909. The molecule has 0 aromatic carbocycles. The molecule has 0 radical (unpaired) electrons. The van der Waals surface area contributed by atoms with Crippen molar-refractivity contribution in [2.24, 2.45) is 11.8 Å². The normalized spacial score (nSPS) is 26.5. The minimum Gasteiger partial charge on any atom is -0.481 e. The van der Waals surface area contributed by atoms with Crippen LogP contribution in [0.4, 0.5) is 0 Å². The lowest BCUT2D eigenvalue weighted by Gasteiger charge is -2.28. The van der Waals surface area contributed by atoms with Gasteiger partial charge in [-0.3, -0.25) is 4.79 Å². The zero-order valence-corrected chi connectivity index (χ0v) is 9.11. The molecule has 1 aliphatic carbocycles. The minimum atomic E-state index is -0.649. The van der Waals surface area contributed by atoms with Gasteiger partial charge in [0, 0.05) is 6.61 Å². The first-order chi connectivity index (χ1) is 7.25. The van der Waals surface area contributed by atoms with Crippen molar-refractivity contribution in [3.05, 3.63) is 0 Å². The van der Waals surface area contributed by atoms with E-state index in [2.05, 4.69) is 5.32 Å². The summed E-state index contributed by atoms with van der Waals surface area (Å²) in [4.78, 5) is 11.0. The first kappa shape index (κ1) is 12.5. The Balaban J connectivity index is 2.26. The van der Waals surface area contributed by atoms with E-state index in [0.29, 0.717) is 0 Å². The van der Waals surface area contributed by atoms with E-state index < -0.39 is 5.97 Å². The van der Waals surface area contributed by atoms with Crippen molar-refractivity contribution < 1.29 is 15.0 Å². The van der Waals surface area contributed by atoms with Crippen LogP contribution in [-0.4, -0.2) is 35.9 Å². The molecule has 0 heterocycles. The second-order valence-corrected chi connectivity index (χ2v) is 4.27. The lowest BCUT2D eigenvalue weighted by atomic mass is 9.79. The Morgan fingerprint density at radius 1 is 1.33 bits per heavy atom. The fourth-order valence-corrected chi connectivity index (χ4v) is 2.27. The highest BCUT2D eigenvalue weighted by Gasteiger charge is 2.29. The standard InChI is InChI=1S/C11H21NO3/c13-7-3-6-12-8-9-4-1-2-5-10(9)11(14)15/h9-10,12-13H,1-8H2,(H,14,15). The van der Waals surface area contributed by atoms with Gasteiger partial charge in [0.05, 0.1) is 5.92 Å². The average molecular weight is 215 g/mol. The summed E-state index contributed by atoms with van der Waals surface area (Å²) < 4.78 is 0. The lowest BCUT2D eigenvalue weighted by Crippen LogP contribution is -2.35. The molecule has 2 unspecified atom stereocenters. The van der Waals surface area contributed by atoms with Gasteiger partial charge in [-0.1, -0.05) is 12.8 Å². The van der Waals surface area contributed by atoms with E-state index in [1.54, 1.807) is 0 Å².